The van der Waals surface area contributed by atoms with Gasteiger partial charge in [-0.1, -0.05) is 36.0 Å². The second-order valence-electron chi connectivity index (χ2n) is 3.14. The Hall–Kier alpha value is -0.860. The van der Waals surface area contributed by atoms with Crippen LogP contribution in [0.5, 0.6) is 0 Å². The van der Waals surface area contributed by atoms with E-state index >= 15 is 0 Å². The van der Waals surface area contributed by atoms with E-state index < -0.39 is 0 Å². The predicted molar refractivity (Wildman–Crippen MR) is 90.4 cm³/mol. The monoisotopic (exact) mass is 367 g/mol. The van der Waals surface area contributed by atoms with Crippen LogP contribution in [-0.2, 0) is 0 Å². The van der Waals surface area contributed by atoms with Crippen molar-refractivity contribution in [3.63, 3.8) is 0 Å². The van der Waals surface area contributed by atoms with Crippen LogP contribution in [-0.4, -0.2) is 19.3 Å². The van der Waals surface area contributed by atoms with Crippen LogP contribution in [0, 0.1) is 0 Å². The molecule has 2 rings (SSSR count). The van der Waals surface area contributed by atoms with E-state index in [-0.39, 0.29) is 20.8 Å². The molecule has 1 aromatic carbocycles. The first-order valence-electron chi connectivity index (χ1n) is 4.95. The molecule has 20 heavy (non-hydrogen) atoms. The van der Waals surface area contributed by atoms with Crippen molar-refractivity contribution in [1.29, 1.82) is 0 Å². The second-order valence-corrected chi connectivity index (χ2v) is 5.45. The molecule has 0 spiro atoms. The molecule has 0 aliphatic rings. The summed E-state index contributed by atoms with van der Waals surface area (Å²) in [5.41, 5.74) is 5.38. The molecule has 106 valence electrons. The van der Waals surface area contributed by atoms with E-state index in [1.807, 2.05) is 12.1 Å². The Labute approximate surface area is 141 Å². The summed E-state index contributed by atoms with van der Waals surface area (Å²) in [7, 11) is 0. The minimum atomic E-state index is 0.0227. The highest BCUT2D eigenvalue weighted by atomic mass is 35.5. The fourth-order valence-electron chi connectivity index (χ4n) is 1.06. The van der Waals surface area contributed by atoms with Gasteiger partial charge in [0.1, 0.15) is 4.32 Å². The zero-order valence-electron chi connectivity index (χ0n) is 9.72. The first kappa shape index (κ1) is 17.2. The van der Waals surface area contributed by atoms with E-state index in [1.54, 1.807) is 12.1 Å². The third-order valence-electron chi connectivity index (χ3n) is 1.70. The van der Waals surface area contributed by atoms with Gasteiger partial charge in [0, 0.05) is 0 Å². The van der Waals surface area contributed by atoms with Crippen LogP contribution in [0.2, 0.25) is 15.6 Å². The molecule has 0 aliphatic heterocycles. The highest BCUT2D eigenvalue weighted by Crippen LogP contribution is 2.23. The van der Waals surface area contributed by atoms with E-state index in [4.69, 9.17) is 40.5 Å². The number of nitrogens with zero attached hydrogens (tertiary/aromatic N) is 3. The third-order valence-corrected chi connectivity index (χ3v) is 2.37. The van der Waals surface area contributed by atoms with Gasteiger partial charge in [0.2, 0.25) is 16.5 Å². The normalized spacial score (nSPS) is 9.40. The summed E-state index contributed by atoms with van der Waals surface area (Å²) in [6.45, 7) is 0. The minimum Gasteiger partial charge on any atom is -0.385 e. The second kappa shape index (κ2) is 8.43. The fraction of sp³-hybridized carbons (Fsp3) is 0. The van der Waals surface area contributed by atoms with Crippen LogP contribution in [0.25, 0.3) is 0 Å². The number of thiol groups is 1. The Morgan fingerprint density at radius 2 is 1.60 bits per heavy atom. The molecule has 0 fully saturated rings. The summed E-state index contributed by atoms with van der Waals surface area (Å²) in [6.07, 6.45) is 0. The number of hydrogen-bond acceptors (Lipinski definition) is 5. The van der Waals surface area contributed by atoms with E-state index in [0.717, 1.165) is 0 Å². The molecule has 0 aliphatic carbocycles. The Kier molecular flexibility index (Phi) is 7.25. The molecule has 10 heteroatoms. The molecule has 0 saturated carbocycles. The van der Waals surface area contributed by atoms with E-state index in [1.165, 1.54) is 0 Å². The van der Waals surface area contributed by atoms with Crippen molar-refractivity contribution < 1.29 is 0 Å². The van der Waals surface area contributed by atoms with Gasteiger partial charge in [-0.05, 0) is 35.3 Å². The van der Waals surface area contributed by atoms with Crippen molar-refractivity contribution in [1.82, 2.24) is 15.0 Å². The zero-order valence-corrected chi connectivity index (χ0v) is 13.7. The average Bonchev–Trinajstić information content (AvgIpc) is 2.30. The Bertz CT molecular complexity index is 587. The van der Waals surface area contributed by atoms with Gasteiger partial charge in [-0.15, -0.1) is 12.6 Å². The first-order chi connectivity index (χ1) is 9.38. The summed E-state index contributed by atoms with van der Waals surface area (Å²) < 4.78 is 0.194. The van der Waals surface area contributed by atoms with Crippen LogP contribution in [0.15, 0.2) is 24.3 Å². The molecule has 0 atom stereocenters. The first-order valence-corrected chi connectivity index (χ1v) is 6.94. The van der Waals surface area contributed by atoms with Gasteiger partial charge in [0.15, 0.2) is 0 Å². The molecule has 2 aromatic rings. The number of para-hydroxylation sites is 1. The molecule has 0 bridgehead atoms. The van der Waals surface area contributed by atoms with Crippen molar-refractivity contribution in [2.75, 3.05) is 5.32 Å². The lowest BCUT2D eigenvalue weighted by Crippen LogP contribution is -1.99. The predicted octanol–water partition coefficient (Wildman–Crippen LogP) is 3.74. The number of rotatable bonds is 2. The third kappa shape index (κ3) is 6.53. The number of halogens is 3. The van der Waals surface area contributed by atoms with Crippen LogP contribution >= 0.6 is 59.6 Å². The van der Waals surface area contributed by atoms with Gasteiger partial charge in [-0.3, -0.25) is 0 Å². The Morgan fingerprint density at radius 1 is 1.10 bits per heavy atom. The number of thiocarbonyl (C=S) groups is 1. The quantitative estimate of drug-likeness (QED) is 0.554. The number of anilines is 2. The number of aromatic nitrogens is 3. The molecule has 5 nitrogen and oxygen atoms in total. The summed E-state index contributed by atoms with van der Waals surface area (Å²) in [5, 5.41) is 3.49. The molecule has 1 heterocycles. The Balaban J connectivity index is 0.000000444. The minimum absolute atomic E-state index is 0.0227. The van der Waals surface area contributed by atoms with Gasteiger partial charge < -0.3 is 11.1 Å². The summed E-state index contributed by atoms with van der Waals surface area (Å²) in [4.78, 5) is 11.4. The van der Waals surface area contributed by atoms with Crippen LogP contribution in [0.4, 0.5) is 11.6 Å². The maximum Gasteiger partial charge on any atom is 0.232 e. The van der Waals surface area contributed by atoms with Crippen molar-refractivity contribution in [3.8, 4) is 0 Å². The smallest absolute Gasteiger partial charge is 0.232 e. The van der Waals surface area contributed by atoms with Crippen molar-refractivity contribution in [3.05, 3.63) is 39.9 Å². The Morgan fingerprint density at radius 3 is 2.10 bits per heavy atom. The van der Waals surface area contributed by atoms with Gasteiger partial charge in [0.05, 0.1) is 10.7 Å². The topological polar surface area (TPSA) is 76.7 Å². The highest BCUT2D eigenvalue weighted by molar-refractivity contribution is 8.10. The van der Waals surface area contributed by atoms with E-state index in [0.29, 0.717) is 10.7 Å². The number of nitrogens with one attached hydrogen (secondary N) is 1. The molecular weight excluding hydrogens is 361 g/mol. The fourth-order valence-corrected chi connectivity index (χ4v) is 1.61. The van der Waals surface area contributed by atoms with E-state index in [2.05, 4.69) is 45.1 Å². The zero-order chi connectivity index (χ0) is 15.1. The summed E-state index contributed by atoms with van der Waals surface area (Å²) in [5.74, 6) is 0.248. The lowest BCUT2D eigenvalue weighted by molar-refractivity contribution is 1.05. The number of nitrogens with two attached hydrogens (primary N) is 1. The van der Waals surface area contributed by atoms with Crippen LogP contribution < -0.4 is 11.1 Å². The molecule has 1 aromatic heterocycles. The van der Waals surface area contributed by atoms with Crippen molar-refractivity contribution in [2.24, 2.45) is 5.73 Å². The van der Waals surface area contributed by atoms with Gasteiger partial charge >= 0.3 is 0 Å². The molecule has 3 N–H and O–H groups in total. The van der Waals surface area contributed by atoms with Crippen molar-refractivity contribution in [2.45, 2.75) is 0 Å². The largest absolute Gasteiger partial charge is 0.385 e. The van der Waals surface area contributed by atoms with Crippen LogP contribution in [0.1, 0.15) is 0 Å². The standard InChI is InChI=1S/C9H5Cl3N4.CH3NS2/c10-5-3-1-2-4-6(5)13-9-15-7(11)14-8(12)16-9;2-1(3)4/h1-4H,(H,13,14,15,16);(H3,2,3,4). The molecular formula is C10H8Cl3N5S2. The number of hydrogen-bond donors (Lipinski definition) is 3. The van der Waals surface area contributed by atoms with Crippen LogP contribution in [0.3, 0.4) is 0 Å². The van der Waals surface area contributed by atoms with Gasteiger partial charge in [0.25, 0.3) is 0 Å². The molecule has 0 saturated heterocycles. The average molecular weight is 369 g/mol. The van der Waals surface area contributed by atoms with Crippen molar-refractivity contribution >= 4 is 75.6 Å². The number of benzene rings is 1. The summed E-state index contributed by atoms with van der Waals surface area (Å²) in [6, 6.07) is 7.18. The van der Waals surface area contributed by atoms with E-state index in [9.17, 15) is 0 Å². The lowest BCUT2D eigenvalue weighted by atomic mass is 10.3. The lowest BCUT2D eigenvalue weighted by Gasteiger charge is -2.06. The molecule has 0 unspecified atom stereocenters. The van der Waals surface area contributed by atoms with Gasteiger partial charge in [-0.2, -0.15) is 15.0 Å². The summed E-state index contributed by atoms with van der Waals surface area (Å²) >= 11 is 24.9. The SMILES string of the molecule is Clc1nc(Cl)nc(Nc2ccccc2Cl)n1.NC(=S)S. The highest BCUT2D eigenvalue weighted by Gasteiger charge is 2.05. The maximum absolute atomic E-state index is 5.95. The maximum atomic E-state index is 5.95. The van der Waals surface area contributed by atoms with Gasteiger partial charge in [-0.25, -0.2) is 0 Å². The molecule has 0 radical (unpaired) electrons. The molecule has 0 amide bonds.